The van der Waals surface area contributed by atoms with E-state index in [4.69, 9.17) is 5.73 Å². The molecule has 1 fully saturated rings. The topological polar surface area (TPSA) is 72.2 Å². The van der Waals surface area contributed by atoms with Crippen molar-refractivity contribution in [3.05, 3.63) is 29.8 Å². The van der Waals surface area contributed by atoms with Crippen LogP contribution in [0.4, 0.5) is 0 Å². The molecule has 1 aromatic carbocycles. The van der Waals surface area contributed by atoms with Crippen LogP contribution in [0.5, 0.6) is 0 Å². The monoisotopic (exact) mass is 268 g/mol. The highest BCUT2D eigenvalue weighted by molar-refractivity contribution is 7.91. The zero-order valence-electron chi connectivity index (χ0n) is 10.8. The van der Waals surface area contributed by atoms with Gasteiger partial charge < -0.3 is 11.1 Å². The van der Waals surface area contributed by atoms with E-state index in [2.05, 4.69) is 5.32 Å². The van der Waals surface area contributed by atoms with E-state index in [0.717, 1.165) is 18.4 Å². The largest absolute Gasteiger partial charge is 0.323 e. The number of sulfone groups is 1. The zero-order valence-corrected chi connectivity index (χ0v) is 11.6. The molecule has 0 aliphatic heterocycles. The summed E-state index contributed by atoms with van der Waals surface area (Å²) in [5.74, 6) is 0.128. The second-order valence-electron chi connectivity index (χ2n) is 4.93. The molecule has 1 aliphatic rings. The van der Waals surface area contributed by atoms with E-state index < -0.39 is 9.84 Å². The van der Waals surface area contributed by atoms with Crippen LogP contribution in [0, 0.1) is 0 Å². The Kier molecular flexibility index (Phi) is 3.49. The second-order valence-corrected chi connectivity index (χ2v) is 7.21. The Labute approximate surface area is 108 Å². The van der Waals surface area contributed by atoms with Gasteiger partial charge in [-0.25, -0.2) is 8.42 Å². The van der Waals surface area contributed by atoms with Crippen LogP contribution in [-0.2, 0) is 9.84 Å². The normalized spacial score (nSPS) is 19.5. The summed E-state index contributed by atoms with van der Waals surface area (Å²) in [6.07, 6.45) is 2.01. The van der Waals surface area contributed by atoms with Gasteiger partial charge in [0.1, 0.15) is 0 Å². The molecule has 1 aliphatic carbocycles. The maximum absolute atomic E-state index is 11.7. The Balaban J connectivity index is 2.27. The van der Waals surface area contributed by atoms with Crippen LogP contribution in [0.25, 0.3) is 0 Å². The molecule has 0 spiro atoms. The van der Waals surface area contributed by atoms with Crippen molar-refractivity contribution < 1.29 is 8.42 Å². The third kappa shape index (κ3) is 2.43. The second kappa shape index (κ2) is 4.64. The molecule has 4 nitrogen and oxygen atoms in total. The summed E-state index contributed by atoms with van der Waals surface area (Å²) in [7, 11) is -1.24. The van der Waals surface area contributed by atoms with Gasteiger partial charge >= 0.3 is 0 Å². The minimum absolute atomic E-state index is 0.0934. The van der Waals surface area contributed by atoms with E-state index in [1.54, 1.807) is 19.1 Å². The van der Waals surface area contributed by atoms with Crippen molar-refractivity contribution in [3.8, 4) is 0 Å². The lowest BCUT2D eigenvalue weighted by molar-refractivity contribution is 0.461. The predicted molar refractivity (Wildman–Crippen MR) is 72.1 cm³/mol. The van der Waals surface area contributed by atoms with Gasteiger partial charge in [-0.1, -0.05) is 19.1 Å². The Hall–Kier alpha value is -0.910. The quantitative estimate of drug-likeness (QED) is 0.842. The van der Waals surface area contributed by atoms with E-state index >= 15 is 0 Å². The standard InChI is InChI=1S/C13H20N2O2S/c1-3-18(16,17)11-6-4-10(5-7-11)12(15-2)13(14)8-9-13/h4-7,12,15H,3,8-9,14H2,1-2H3. The Morgan fingerprint density at radius 1 is 1.33 bits per heavy atom. The first-order valence-electron chi connectivity index (χ1n) is 6.22. The van der Waals surface area contributed by atoms with E-state index in [0.29, 0.717) is 4.90 Å². The van der Waals surface area contributed by atoms with Gasteiger partial charge in [0.15, 0.2) is 9.84 Å². The number of hydrogen-bond donors (Lipinski definition) is 2. The first-order valence-corrected chi connectivity index (χ1v) is 7.87. The van der Waals surface area contributed by atoms with Crippen molar-refractivity contribution in [2.45, 2.75) is 36.2 Å². The molecule has 5 heteroatoms. The van der Waals surface area contributed by atoms with Crippen molar-refractivity contribution >= 4 is 9.84 Å². The van der Waals surface area contributed by atoms with E-state index in [1.807, 2.05) is 19.2 Å². The fraction of sp³-hybridized carbons (Fsp3) is 0.538. The molecule has 18 heavy (non-hydrogen) atoms. The van der Waals surface area contributed by atoms with Gasteiger partial charge in [-0.2, -0.15) is 0 Å². The molecule has 0 radical (unpaired) electrons. The average molecular weight is 268 g/mol. The molecule has 1 saturated carbocycles. The first-order chi connectivity index (χ1) is 8.43. The summed E-state index contributed by atoms with van der Waals surface area (Å²) in [4.78, 5) is 0.380. The number of benzene rings is 1. The van der Waals surface area contributed by atoms with Gasteiger partial charge in [-0.3, -0.25) is 0 Å². The van der Waals surface area contributed by atoms with Crippen molar-refractivity contribution in [2.24, 2.45) is 5.73 Å². The molecule has 0 saturated heterocycles. The minimum Gasteiger partial charge on any atom is -0.323 e. The Bertz CT molecular complexity index is 518. The number of nitrogens with one attached hydrogen (secondary N) is 1. The number of likely N-dealkylation sites (N-methyl/N-ethyl adjacent to an activating group) is 1. The van der Waals surface area contributed by atoms with Gasteiger partial charge in [0.25, 0.3) is 0 Å². The molecule has 1 unspecified atom stereocenters. The maximum atomic E-state index is 11.7. The van der Waals surface area contributed by atoms with Crippen LogP contribution in [0.3, 0.4) is 0 Å². The van der Waals surface area contributed by atoms with E-state index in [9.17, 15) is 8.42 Å². The summed E-state index contributed by atoms with van der Waals surface area (Å²) in [5, 5.41) is 3.22. The lowest BCUT2D eigenvalue weighted by atomic mass is 9.98. The van der Waals surface area contributed by atoms with Crippen LogP contribution in [0.1, 0.15) is 31.4 Å². The van der Waals surface area contributed by atoms with Crippen molar-refractivity contribution in [1.29, 1.82) is 0 Å². The summed E-state index contributed by atoms with van der Waals surface area (Å²) in [5.41, 5.74) is 7.08. The maximum Gasteiger partial charge on any atom is 0.178 e. The smallest absolute Gasteiger partial charge is 0.178 e. The first kappa shape index (κ1) is 13.5. The lowest BCUT2D eigenvalue weighted by Crippen LogP contribution is -2.38. The molecule has 1 atom stereocenters. The van der Waals surface area contributed by atoms with Crippen LogP contribution >= 0.6 is 0 Å². The third-order valence-corrected chi connectivity index (χ3v) is 5.39. The highest BCUT2D eigenvalue weighted by Gasteiger charge is 2.45. The van der Waals surface area contributed by atoms with Crippen molar-refractivity contribution in [3.63, 3.8) is 0 Å². The number of nitrogens with two attached hydrogens (primary N) is 1. The molecule has 3 N–H and O–H groups in total. The number of hydrogen-bond acceptors (Lipinski definition) is 4. The van der Waals surface area contributed by atoms with Gasteiger partial charge in [0.05, 0.1) is 16.7 Å². The summed E-state index contributed by atoms with van der Waals surface area (Å²) < 4.78 is 23.4. The molecule has 0 amide bonds. The molecular formula is C13H20N2O2S. The molecule has 2 rings (SSSR count). The molecule has 0 bridgehead atoms. The van der Waals surface area contributed by atoms with Crippen LogP contribution in [0.15, 0.2) is 29.2 Å². The van der Waals surface area contributed by atoms with E-state index in [-0.39, 0.29) is 17.3 Å². The summed E-state index contributed by atoms with van der Waals surface area (Å²) >= 11 is 0. The van der Waals surface area contributed by atoms with Crippen molar-refractivity contribution in [2.75, 3.05) is 12.8 Å². The highest BCUT2D eigenvalue weighted by atomic mass is 32.2. The zero-order chi connectivity index (χ0) is 13.4. The average Bonchev–Trinajstić information content (AvgIpc) is 3.09. The van der Waals surface area contributed by atoms with Gasteiger partial charge in [-0.05, 0) is 37.6 Å². The molecule has 1 aromatic rings. The van der Waals surface area contributed by atoms with Crippen LogP contribution < -0.4 is 11.1 Å². The van der Waals surface area contributed by atoms with Gasteiger partial charge in [0, 0.05) is 5.54 Å². The summed E-state index contributed by atoms with van der Waals surface area (Å²) in [6, 6.07) is 7.15. The van der Waals surface area contributed by atoms with Crippen LogP contribution in [-0.4, -0.2) is 26.8 Å². The van der Waals surface area contributed by atoms with Crippen LogP contribution in [0.2, 0.25) is 0 Å². The van der Waals surface area contributed by atoms with E-state index in [1.165, 1.54) is 0 Å². The van der Waals surface area contributed by atoms with Gasteiger partial charge in [0.2, 0.25) is 0 Å². The molecule has 100 valence electrons. The number of rotatable bonds is 5. The predicted octanol–water partition coefficient (Wildman–Crippen LogP) is 1.23. The molecular weight excluding hydrogens is 248 g/mol. The Morgan fingerprint density at radius 3 is 2.28 bits per heavy atom. The van der Waals surface area contributed by atoms with Gasteiger partial charge in [-0.15, -0.1) is 0 Å². The lowest BCUT2D eigenvalue weighted by Gasteiger charge is -2.23. The summed E-state index contributed by atoms with van der Waals surface area (Å²) in [6.45, 7) is 1.65. The Morgan fingerprint density at radius 2 is 1.89 bits per heavy atom. The SMILES string of the molecule is CCS(=O)(=O)c1ccc(C(NC)C2(N)CC2)cc1. The fourth-order valence-electron chi connectivity index (χ4n) is 2.25. The fourth-order valence-corrected chi connectivity index (χ4v) is 3.14. The molecule has 0 heterocycles. The van der Waals surface area contributed by atoms with Crippen molar-refractivity contribution in [1.82, 2.24) is 5.32 Å². The third-order valence-electron chi connectivity index (χ3n) is 3.64. The highest BCUT2D eigenvalue weighted by Crippen LogP contribution is 2.43. The molecule has 0 aromatic heterocycles. The minimum atomic E-state index is -3.12.